The van der Waals surface area contributed by atoms with Gasteiger partial charge in [-0.05, 0) is 49.7 Å². The lowest BCUT2D eigenvalue weighted by Crippen LogP contribution is -2.43. The summed E-state index contributed by atoms with van der Waals surface area (Å²) in [7, 11) is 1.79. The predicted octanol–water partition coefficient (Wildman–Crippen LogP) is 4.02. The van der Waals surface area contributed by atoms with Crippen LogP contribution in [0.4, 0.5) is 0 Å². The number of likely N-dealkylation sites (N-methyl/N-ethyl adjacent to an activating group) is 1. The summed E-state index contributed by atoms with van der Waals surface area (Å²) in [6, 6.07) is 14.6. The van der Waals surface area contributed by atoms with Gasteiger partial charge in [0.2, 0.25) is 5.91 Å². The molecule has 7 heteroatoms. The molecule has 1 heterocycles. The first kappa shape index (κ1) is 21.6. The average molecular weight is 434 g/mol. The summed E-state index contributed by atoms with van der Waals surface area (Å²) >= 11 is 11.9. The molecule has 154 valence electrons. The van der Waals surface area contributed by atoms with Crippen LogP contribution in [0.3, 0.4) is 0 Å². The number of hydrogen-bond donors (Lipinski definition) is 1. The Labute approximate surface area is 181 Å². The van der Waals surface area contributed by atoms with Gasteiger partial charge in [-0.3, -0.25) is 9.59 Å². The van der Waals surface area contributed by atoms with Gasteiger partial charge in [0.1, 0.15) is 0 Å². The zero-order chi connectivity index (χ0) is 20.8. The van der Waals surface area contributed by atoms with Crippen LogP contribution >= 0.6 is 23.2 Å². The zero-order valence-electron chi connectivity index (χ0n) is 16.4. The molecule has 0 saturated carbocycles. The number of carbonyl (C=O) groups excluding carboxylic acids is 2. The summed E-state index contributed by atoms with van der Waals surface area (Å²) in [6.07, 6.45) is 2.39. The highest BCUT2D eigenvalue weighted by Crippen LogP contribution is 2.24. The number of rotatable bonds is 7. The van der Waals surface area contributed by atoms with Gasteiger partial charge in [-0.15, -0.1) is 0 Å². The predicted molar refractivity (Wildman–Crippen MR) is 116 cm³/mol. The smallest absolute Gasteiger partial charge is 0.251 e. The van der Waals surface area contributed by atoms with Crippen LogP contribution in [-0.2, 0) is 4.79 Å². The highest BCUT2D eigenvalue weighted by Gasteiger charge is 2.25. The van der Waals surface area contributed by atoms with Gasteiger partial charge >= 0.3 is 0 Å². The normalized spacial score (nSPS) is 15.1. The fourth-order valence-electron chi connectivity index (χ4n) is 3.53. The molecule has 2 aromatic rings. The van der Waals surface area contributed by atoms with Crippen molar-refractivity contribution in [3.8, 4) is 0 Å². The van der Waals surface area contributed by atoms with E-state index in [1.165, 1.54) is 18.9 Å². The number of carbonyl (C=O) groups is 2. The van der Waals surface area contributed by atoms with E-state index in [2.05, 4.69) is 10.2 Å². The summed E-state index contributed by atoms with van der Waals surface area (Å²) in [5.74, 6) is -0.507. The zero-order valence-corrected chi connectivity index (χ0v) is 17.9. The highest BCUT2D eigenvalue weighted by molar-refractivity contribution is 6.42. The van der Waals surface area contributed by atoms with Gasteiger partial charge in [0.15, 0.2) is 0 Å². The monoisotopic (exact) mass is 433 g/mol. The maximum absolute atomic E-state index is 12.8. The van der Waals surface area contributed by atoms with Crippen LogP contribution in [-0.4, -0.2) is 54.8 Å². The summed E-state index contributed by atoms with van der Waals surface area (Å²) in [5, 5.41) is 3.37. The standard InChI is InChI=1S/C22H25Cl2N3O2/c1-26(20(15-27-11-5-6-12-27)16-7-3-2-4-8-16)21(28)14-25-22(29)17-9-10-18(23)19(24)13-17/h2-4,7-10,13,20H,5-6,11-12,14-15H2,1H3,(H,25,29)/t20-/m1/s1. The quantitative estimate of drug-likeness (QED) is 0.717. The molecule has 1 N–H and O–H groups in total. The Morgan fingerprint density at radius 1 is 1.07 bits per heavy atom. The van der Waals surface area contributed by atoms with Gasteiger partial charge in [-0.2, -0.15) is 0 Å². The van der Waals surface area contributed by atoms with E-state index in [-0.39, 0.29) is 24.4 Å². The van der Waals surface area contributed by atoms with Gasteiger partial charge in [0, 0.05) is 19.2 Å². The van der Waals surface area contributed by atoms with Crippen molar-refractivity contribution in [3.63, 3.8) is 0 Å². The van der Waals surface area contributed by atoms with Crippen LogP contribution in [0, 0.1) is 0 Å². The molecular formula is C22H25Cl2N3O2. The minimum atomic E-state index is -0.360. The molecule has 0 aromatic heterocycles. The first-order valence-electron chi connectivity index (χ1n) is 9.72. The van der Waals surface area contributed by atoms with Crippen LogP contribution in [0.5, 0.6) is 0 Å². The van der Waals surface area contributed by atoms with Crippen LogP contribution in [0.2, 0.25) is 10.0 Å². The molecule has 5 nitrogen and oxygen atoms in total. The van der Waals surface area contributed by atoms with E-state index in [9.17, 15) is 9.59 Å². The summed E-state index contributed by atoms with van der Waals surface area (Å²) < 4.78 is 0. The molecule has 29 heavy (non-hydrogen) atoms. The van der Waals surface area contributed by atoms with E-state index in [0.717, 1.165) is 25.2 Å². The van der Waals surface area contributed by atoms with Gasteiger partial charge in [0.25, 0.3) is 5.91 Å². The van der Waals surface area contributed by atoms with Gasteiger partial charge < -0.3 is 15.1 Å². The second-order valence-electron chi connectivity index (χ2n) is 7.25. The molecule has 0 unspecified atom stereocenters. The Balaban J connectivity index is 1.65. The number of nitrogens with zero attached hydrogens (tertiary/aromatic N) is 2. The molecule has 3 rings (SSSR count). The number of hydrogen-bond acceptors (Lipinski definition) is 3. The van der Waals surface area contributed by atoms with Crippen molar-refractivity contribution in [3.05, 3.63) is 69.7 Å². The number of nitrogens with one attached hydrogen (secondary N) is 1. The molecule has 1 atom stereocenters. The Morgan fingerprint density at radius 2 is 1.76 bits per heavy atom. The maximum Gasteiger partial charge on any atom is 0.251 e. The van der Waals surface area contributed by atoms with Crippen molar-refractivity contribution < 1.29 is 9.59 Å². The van der Waals surface area contributed by atoms with Gasteiger partial charge in [0.05, 0.1) is 22.6 Å². The van der Waals surface area contributed by atoms with E-state index in [0.29, 0.717) is 15.6 Å². The first-order chi connectivity index (χ1) is 14.0. The maximum atomic E-state index is 12.8. The van der Waals surface area contributed by atoms with Crippen LogP contribution < -0.4 is 5.32 Å². The lowest BCUT2D eigenvalue weighted by molar-refractivity contribution is -0.131. The lowest BCUT2D eigenvalue weighted by atomic mass is 10.0. The highest BCUT2D eigenvalue weighted by atomic mass is 35.5. The Bertz CT molecular complexity index is 854. The van der Waals surface area contributed by atoms with Crippen LogP contribution in [0.25, 0.3) is 0 Å². The Kier molecular flexibility index (Phi) is 7.53. The molecule has 2 amide bonds. The molecule has 2 aromatic carbocycles. The van der Waals surface area contributed by atoms with E-state index in [4.69, 9.17) is 23.2 Å². The summed E-state index contributed by atoms with van der Waals surface area (Å²) in [4.78, 5) is 29.3. The number of benzene rings is 2. The molecule has 1 aliphatic heterocycles. The summed E-state index contributed by atoms with van der Waals surface area (Å²) in [5.41, 5.74) is 1.46. The largest absolute Gasteiger partial charge is 0.343 e. The molecule has 1 fully saturated rings. The third-order valence-corrected chi connectivity index (χ3v) is 6.00. The van der Waals surface area contributed by atoms with Gasteiger partial charge in [-0.1, -0.05) is 53.5 Å². The second kappa shape index (κ2) is 10.1. The third-order valence-electron chi connectivity index (χ3n) is 5.26. The van der Waals surface area contributed by atoms with Crippen molar-refractivity contribution in [2.45, 2.75) is 18.9 Å². The van der Waals surface area contributed by atoms with Crippen molar-refractivity contribution >= 4 is 35.0 Å². The van der Waals surface area contributed by atoms with E-state index >= 15 is 0 Å². The van der Waals surface area contributed by atoms with Crippen LogP contribution in [0.15, 0.2) is 48.5 Å². The van der Waals surface area contributed by atoms with E-state index in [1.54, 1.807) is 24.1 Å². The van der Waals surface area contributed by atoms with Crippen molar-refractivity contribution in [2.24, 2.45) is 0 Å². The van der Waals surface area contributed by atoms with Crippen molar-refractivity contribution in [2.75, 3.05) is 33.2 Å². The third kappa shape index (κ3) is 5.72. The lowest BCUT2D eigenvalue weighted by Gasteiger charge is -2.32. The molecule has 1 aliphatic rings. The number of halogens is 2. The molecular weight excluding hydrogens is 409 g/mol. The van der Waals surface area contributed by atoms with Crippen molar-refractivity contribution in [1.29, 1.82) is 0 Å². The first-order valence-corrected chi connectivity index (χ1v) is 10.5. The average Bonchev–Trinajstić information content (AvgIpc) is 3.25. The van der Waals surface area contributed by atoms with Crippen LogP contribution in [0.1, 0.15) is 34.8 Å². The number of likely N-dealkylation sites (tertiary alicyclic amines) is 1. The fourth-order valence-corrected chi connectivity index (χ4v) is 3.83. The SMILES string of the molecule is CN(C(=O)CNC(=O)c1ccc(Cl)c(Cl)c1)[C@H](CN1CCCC1)c1ccccc1. The molecule has 0 radical (unpaired) electrons. The number of amides is 2. The fraction of sp³-hybridized carbons (Fsp3) is 0.364. The Morgan fingerprint density at radius 3 is 2.41 bits per heavy atom. The molecule has 0 aliphatic carbocycles. The van der Waals surface area contributed by atoms with Crippen molar-refractivity contribution in [1.82, 2.24) is 15.1 Å². The van der Waals surface area contributed by atoms with Gasteiger partial charge in [-0.25, -0.2) is 0 Å². The second-order valence-corrected chi connectivity index (χ2v) is 8.06. The minimum absolute atomic E-state index is 0.0660. The topological polar surface area (TPSA) is 52.7 Å². The summed E-state index contributed by atoms with van der Waals surface area (Å²) in [6.45, 7) is 2.81. The minimum Gasteiger partial charge on any atom is -0.343 e. The van der Waals surface area contributed by atoms with E-state index in [1.807, 2.05) is 30.3 Å². The van der Waals surface area contributed by atoms with E-state index < -0.39 is 0 Å². The molecule has 0 spiro atoms. The molecule has 0 bridgehead atoms. The Hall–Kier alpha value is -2.08. The molecule has 1 saturated heterocycles.